The van der Waals surface area contributed by atoms with Crippen LogP contribution in [-0.4, -0.2) is 17.8 Å². The normalized spacial score (nSPS) is 20.6. The Morgan fingerprint density at radius 3 is 2.88 bits per heavy atom. The highest BCUT2D eigenvalue weighted by molar-refractivity contribution is 9.09. The standard InChI is InChI=1S/C11H10BrClFNO/c12-5-7-3-11(16)15(6-7)8-1-2-9(13)10(14)4-8/h1-2,4,7H,3,5-6H2. The lowest BCUT2D eigenvalue weighted by Crippen LogP contribution is -2.24. The number of anilines is 1. The van der Waals surface area contributed by atoms with Crippen LogP contribution in [0.3, 0.4) is 0 Å². The Hall–Kier alpha value is -0.610. The summed E-state index contributed by atoms with van der Waals surface area (Å²) in [5.41, 5.74) is 0.579. The number of carbonyl (C=O) groups excluding carboxylic acids is 1. The first-order valence-electron chi connectivity index (χ1n) is 4.93. The molecule has 1 aromatic rings. The average Bonchev–Trinajstić information content (AvgIpc) is 2.64. The highest BCUT2D eigenvalue weighted by Gasteiger charge is 2.29. The fraction of sp³-hybridized carbons (Fsp3) is 0.364. The Morgan fingerprint density at radius 2 is 2.31 bits per heavy atom. The zero-order valence-corrected chi connectivity index (χ0v) is 10.8. The van der Waals surface area contributed by atoms with E-state index in [4.69, 9.17) is 11.6 Å². The van der Waals surface area contributed by atoms with Crippen LogP contribution < -0.4 is 4.90 Å². The molecule has 1 unspecified atom stereocenters. The van der Waals surface area contributed by atoms with Gasteiger partial charge in [-0.05, 0) is 24.1 Å². The first kappa shape index (κ1) is 11.9. The minimum absolute atomic E-state index is 0.0335. The molecule has 16 heavy (non-hydrogen) atoms. The molecule has 86 valence electrons. The Bertz CT molecular complexity index is 426. The van der Waals surface area contributed by atoms with Crippen LogP contribution in [0.25, 0.3) is 0 Å². The van der Waals surface area contributed by atoms with Gasteiger partial charge >= 0.3 is 0 Å². The van der Waals surface area contributed by atoms with Crippen molar-refractivity contribution >= 4 is 39.1 Å². The first-order chi connectivity index (χ1) is 7.61. The van der Waals surface area contributed by atoms with E-state index in [2.05, 4.69) is 15.9 Å². The molecule has 2 nitrogen and oxygen atoms in total. The van der Waals surface area contributed by atoms with Gasteiger partial charge in [0.15, 0.2) is 0 Å². The van der Waals surface area contributed by atoms with Crippen molar-refractivity contribution in [3.8, 4) is 0 Å². The van der Waals surface area contributed by atoms with E-state index in [1.165, 1.54) is 12.1 Å². The Labute approximate surface area is 107 Å². The van der Waals surface area contributed by atoms with Gasteiger partial charge in [0.05, 0.1) is 5.02 Å². The molecule has 1 saturated heterocycles. The Balaban J connectivity index is 2.24. The second-order valence-electron chi connectivity index (χ2n) is 3.83. The molecule has 0 radical (unpaired) electrons. The molecule has 1 atom stereocenters. The highest BCUT2D eigenvalue weighted by atomic mass is 79.9. The summed E-state index contributed by atoms with van der Waals surface area (Å²) in [4.78, 5) is 13.3. The molecule has 0 saturated carbocycles. The van der Waals surface area contributed by atoms with Gasteiger partial charge in [0, 0.05) is 24.0 Å². The van der Waals surface area contributed by atoms with E-state index in [0.29, 0.717) is 24.6 Å². The van der Waals surface area contributed by atoms with Crippen LogP contribution >= 0.6 is 27.5 Å². The molecule has 0 N–H and O–H groups in total. The predicted molar refractivity (Wildman–Crippen MR) is 65.7 cm³/mol. The van der Waals surface area contributed by atoms with Gasteiger partial charge in [-0.3, -0.25) is 4.79 Å². The summed E-state index contributed by atoms with van der Waals surface area (Å²) in [5.74, 6) is -0.160. The van der Waals surface area contributed by atoms with Crippen molar-refractivity contribution in [1.29, 1.82) is 0 Å². The van der Waals surface area contributed by atoms with Gasteiger partial charge in [0.2, 0.25) is 5.91 Å². The lowest BCUT2D eigenvalue weighted by atomic mass is 10.2. The van der Waals surface area contributed by atoms with Crippen molar-refractivity contribution < 1.29 is 9.18 Å². The maximum absolute atomic E-state index is 13.3. The molecule has 0 bridgehead atoms. The number of alkyl halides is 1. The molecule has 1 aliphatic heterocycles. The fourth-order valence-corrected chi connectivity index (χ4v) is 2.34. The summed E-state index contributed by atoms with van der Waals surface area (Å²) < 4.78 is 13.3. The predicted octanol–water partition coefficient (Wildman–Crippen LogP) is 3.23. The third-order valence-corrected chi connectivity index (χ3v) is 3.86. The van der Waals surface area contributed by atoms with Gasteiger partial charge < -0.3 is 4.90 Å². The summed E-state index contributed by atoms with van der Waals surface area (Å²) in [6.07, 6.45) is 0.509. The number of nitrogens with zero attached hydrogens (tertiary/aromatic N) is 1. The topological polar surface area (TPSA) is 20.3 Å². The third-order valence-electron chi connectivity index (χ3n) is 2.64. The molecule has 0 aromatic heterocycles. The number of hydrogen-bond donors (Lipinski definition) is 0. The third kappa shape index (κ3) is 2.23. The molecular weight excluding hydrogens is 296 g/mol. The number of halogens is 3. The molecule has 5 heteroatoms. The van der Waals surface area contributed by atoms with Gasteiger partial charge in [0.1, 0.15) is 5.82 Å². The summed E-state index contributed by atoms with van der Waals surface area (Å²) in [5, 5.41) is 0.859. The van der Waals surface area contributed by atoms with Crippen LogP contribution in [0.15, 0.2) is 18.2 Å². The molecular formula is C11H10BrClFNO. The number of benzene rings is 1. The maximum atomic E-state index is 13.3. The number of rotatable bonds is 2. The van der Waals surface area contributed by atoms with Crippen LogP contribution in [0.5, 0.6) is 0 Å². The number of amides is 1. The molecule has 1 amide bonds. The quantitative estimate of drug-likeness (QED) is 0.768. The summed E-state index contributed by atoms with van der Waals surface area (Å²) >= 11 is 8.95. The summed E-state index contributed by atoms with van der Waals surface area (Å²) in [6, 6.07) is 4.44. The molecule has 1 fully saturated rings. The SMILES string of the molecule is O=C1CC(CBr)CN1c1ccc(Cl)c(F)c1. The van der Waals surface area contributed by atoms with E-state index >= 15 is 0 Å². The Morgan fingerprint density at radius 1 is 1.56 bits per heavy atom. The van der Waals surface area contributed by atoms with Crippen molar-refractivity contribution in [2.75, 3.05) is 16.8 Å². The monoisotopic (exact) mass is 305 g/mol. The van der Waals surface area contributed by atoms with Gasteiger partial charge in [-0.25, -0.2) is 4.39 Å². The number of carbonyl (C=O) groups is 1. The zero-order chi connectivity index (χ0) is 11.7. The molecule has 1 aliphatic rings. The van der Waals surface area contributed by atoms with Crippen molar-refractivity contribution in [1.82, 2.24) is 0 Å². The number of hydrogen-bond acceptors (Lipinski definition) is 1. The maximum Gasteiger partial charge on any atom is 0.227 e. The van der Waals surface area contributed by atoms with Crippen LogP contribution in [-0.2, 0) is 4.79 Å². The fourth-order valence-electron chi connectivity index (χ4n) is 1.79. The van der Waals surface area contributed by atoms with Crippen LogP contribution in [0.4, 0.5) is 10.1 Å². The minimum atomic E-state index is -0.491. The van der Waals surface area contributed by atoms with Crippen molar-refractivity contribution in [2.45, 2.75) is 6.42 Å². The van der Waals surface area contributed by atoms with Gasteiger partial charge in [-0.15, -0.1) is 0 Å². The van der Waals surface area contributed by atoms with E-state index in [-0.39, 0.29) is 10.9 Å². The second kappa shape index (κ2) is 4.72. The smallest absolute Gasteiger partial charge is 0.227 e. The Kier molecular flexibility index (Phi) is 3.50. The van der Waals surface area contributed by atoms with Gasteiger partial charge in [0.25, 0.3) is 0 Å². The van der Waals surface area contributed by atoms with E-state index in [1.807, 2.05) is 0 Å². The van der Waals surface area contributed by atoms with Gasteiger partial charge in [-0.2, -0.15) is 0 Å². The van der Waals surface area contributed by atoms with Crippen LogP contribution in [0, 0.1) is 11.7 Å². The van der Waals surface area contributed by atoms with Crippen LogP contribution in [0.2, 0.25) is 5.02 Å². The van der Waals surface area contributed by atoms with E-state index in [0.717, 1.165) is 5.33 Å². The molecule has 0 aliphatic carbocycles. The average molecular weight is 307 g/mol. The van der Waals surface area contributed by atoms with Crippen molar-refractivity contribution in [3.05, 3.63) is 29.0 Å². The van der Waals surface area contributed by atoms with Crippen molar-refractivity contribution in [3.63, 3.8) is 0 Å². The highest BCUT2D eigenvalue weighted by Crippen LogP contribution is 2.28. The zero-order valence-electron chi connectivity index (χ0n) is 8.42. The summed E-state index contributed by atoms with van der Waals surface area (Å²) in [6.45, 7) is 0.630. The lowest BCUT2D eigenvalue weighted by molar-refractivity contribution is -0.117. The van der Waals surface area contributed by atoms with Crippen molar-refractivity contribution in [2.24, 2.45) is 5.92 Å². The molecule has 2 rings (SSSR count). The second-order valence-corrected chi connectivity index (χ2v) is 4.88. The van der Waals surface area contributed by atoms with E-state index in [1.54, 1.807) is 11.0 Å². The molecule has 1 heterocycles. The summed E-state index contributed by atoms with van der Waals surface area (Å²) in [7, 11) is 0. The minimum Gasteiger partial charge on any atom is -0.312 e. The molecule has 1 aromatic carbocycles. The van der Waals surface area contributed by atoms with Crippen LogP contribution in [0.1, 0.15) is 6.42 Å². The van der Waals surface area contributed by atoms with E-state index in [9.17, 15) is 9.18 Å². The largest absolute Gasteiger partial charge is 0.312 e. The van der Waals surface area contributed by atoms with E-state index < -0.39 is 5.82 Å². The van der Waals surface area contributed by atoms with Gasteiger partial charge in [-0.1, -0.05) is 27.5 Å². The molecule has 0 spiro atoms. The first-order valence-corrected chi connectivity index (χ1v) is 6.43. The lowest BCUT2D eigenvalue weighted by Gasteiger charge is -2.16.